The van der Waals surface area contributed by atoms with Crippen molar-refractivity contribution in [2.75, 3.05) is 13.1 Å². The van der Waals surface area contributed by atoms with Crippen molar-refractivity contribution in [2.24, 2.45) is 0 Å². The molecule has 2 N–H and O–H groups in total. The van der Waals surface area contributed by atoms with Gasteiger partial charge in [-0.15, -0.1) is 6.58 Å². The normalized spacial score (nSPS) is 22.1. The lowest BCUT2D eigenvalue weighted by molar-refractivity contribution is 0.0750. The van der Waals surface area contributed by atoms with Crippen molar-refractivity contribution in [3.05, 3.63) is 48.6 Å². The molecule has 21 heavy (non-hydrogen) atoms. The van der Waals surface area contributed by atoms with Crippen LogP contribution in [0.5, 0.6) is 0 Å². The summed E-state index contributed by atoms with van der Waals surface area (Å²) in [7, 11) is 0. The molecule has 0 radical (unpaired) electrons. The molecule has 0 spiro atoms. The second kappa shape index (κ2) is 8.32. The molecule has 0 aliphatic carbocycles. The van der Waals surface area contributed by atoms with E-state index in [1.807, 2.05) is 36.4 Å². The first-order valence-electron chi connectivity index (χ1n) is 7.96. The number of benzene rings is 1. The highest BCUT2D eigenvalue weighted by Gasteiger charge is 2.28. The first kappa shape index (κ1) is 16.2. The molecule has 1 aromatic carbocycles. The molecule has 1 fully saturated rings. The van der Waals surface area contributed by atoms with Crippen molar-refractivity contribution < 1.29 is 10.2 Å². The second-order valence-corrected chi connectivity index (χ2v) is 5.97. The Labute approximate surface area is 127 Å². The molecule has 3 unspecified atom stereocenters. The maximum absolute atomic E-state index is 10.4. The highest BCUT2D eigenvalue weighted by molar-refractivity contribution is 5.17. The molecule has 1 aliphatic rings. The Hall–Kier alpha value is -1.16. The van der Waals surface area contributed by atoms with Gasteiger partial charge in [0.15, 0.2) is 0 Å². The van der Waals surface area contributed by atoms with Gasteiger partial charge in [0.05, 0.1) is 12.2 Å². The Morgan fingerprint density at radius 3 is 2.76 bits per heavy atom. The SMILES string of the molecule is C=CCCC(O)CN1CCCC1CC(O)c1ccccc1. The number of β-amino-alcohol motifs (C(OH)–C–C–N with tert-alkyl or cyclic N) is 1. The van der Waals surface area contributed by atoms with E-state index >= 15 is 0 Å². The first-order chi connectivity index (χ1) is 10.2. The fourth-order valence-corrected chi connectivity index (χ4v) is 3.14. The van der Waals surface area contributed by atoms with Crippen LogP contribution in [0.3, 0.4) is 0 Å². The van der Waals surface area contributed by atoms with Gasteiger partial charge >= 0.3 is 0 Å². The van der Waals surface area contributed by atoms with Gasteiger partial charge in [0, 0.05) is 12.6 Å². The van der Waals surface area contributed by atoms with Gasteiger partial charge in [0.25, 0.3) is 0 Å². The third-order valence-electron chi connectivity index (χ3n) is 4.33. The summed E-state index contributed by atoms with van der Waals surface area (Å²) >= 11 is 0. The van der Waals surface area contributed by atoms with Crippen LogP contribution in [-0.4, -0.2) is 40.3 Å². The van der Waals surface area contributed by atoms with Crippen molar-refractivity contribution in [3.8, 4) is 0 Å². The predicted octanol–water partition coefficient (Wildman–Crippen LogP) is 2.90. The Morgan fingerprint density at radius 1 is 1.29 bits per heavy atom. The van der Waals surface area contributed by atoms with Gasteiger partial charge in [-0.25, -0.2) is 0 Å². The van der Waals surface area contributed by atoms with E-state index in [1.54, 1.807) is 0 Å². The molecular weight excluding hydrogens is 262 g/mol. The molecule has 1 heterocycles. The van der Waals surface area contributed by atoms with Crippen LogP contribution in [0.4, 0.5) is 0 Å². The molecule has 0 bridgehead atoms. The Balaban J connectivity index is 1.85. The van der Waals surface area contributed by atoms with Crippen molar-refractivity contribution in [1.29, 1.82) is 0 Å². The van der Waals surface area contributed by atoms with Crippen molar-refractivity contribution >= 4 is 0 Å². The summed E-state index contributed by atoms with van der Waals surface area (Å²) in [6, 6.07) is 10.2. The van der Waals surface area contributed by atoms with Gasteiger partial charge in [-0.3, -0.25) is 4.90 Å². The monoisotopic (exact) mass is 289 g/mol. The van der Waals surface area contributed by atoms with E-state index in [-0.39, 0.29) is 6.10 Å². The van der Waals surface area contributed by atoms with Crippen molar-refractivity contribution in [1.82, 2.24) is 4.90 Å². The van der Waals surface area contributed by atoms with Gasteiger partial charge in [0.1, 0.15) is 0 Å². The number of likely N-dealkylation sites (tertiary alicyclic amines) is 1. The Kier molecular flexibility index (Phi) is 6.43. The quantitative estimate of drug-likeness (QED) is 0.723. The predicted molar refractivity (Wildman–Crippen MR) is 86.1 cm³/mol. The summed E-state index contributed by atoms with van der Waals surface area (Å²) in [5.41, 5.74) is 0.983. The van der Waals surface area contributed by atoms with Crippen LogP contribution in [0, 0.1) is 0 Å². The number of aliphatic hydroxyl groups excluding tert-OH is 2. The number of aliphatic hydroxyl groups is 2. The van der Waals surface area contributed by atoms with Crippen molar-refractivity contribution in [3.63, 3.8) is 0 Å². The molecule has 3 atom stereocenters. The summed E-state index contributed by atoms with van der Waals surface area (Å²) in [5.74, 6) is 0. The lowest BCUT2D eigenvalue weighted by Gasteiger charge is -2.28. The van der Waals surface area contributed by atoms with Crippen LogP contribution >= 0.6 is 0 Å². The first-order valence-corrected chi connectivity index (χ1v) is 7.96. The van der Waals surface area contributed by atoms with Crippen LogP contribution in [0.1, 0.15) is 43.8 Å². The van der Waals surface area contributed by atoms with Crippen LogP contribution in [0.15, 0.2) is 43.0 Å². The number of nitrogens with zero attached hydrogens (tertiary/aromatic N) is 1. The average Bonchev–Trinajstić information content (AvgIpc) is 2.93. The highest BCUT2D eigenvalue weighted by atomic mass is 16.3. The summed E-state index contributed by atoms with van der Waals surface area (Å²) in [5, 5.41) is 20.4. The third-order valence-corrected chi connectivity index (χ3v) is 4.33. The average molecular weight is 289 g/mol. The molecule has 2 rings (SSSR count). The summed E-state index contributed by atoms with van der Waals surface area (Å²) in [4.78, 5) is 2.33. The number of hydrogen-bond donors (Lipinski definition) is 2. The highest BCUT2D eigenvalue weighted by Crippen LogP contribution is 2.27. The number of rotatable bonds is 8. The molecule has 0 saturated carbocycles. The lowest BCUT2D eigenvalue weighted by Crippen LogP contribution is -2.37. The molecule has 0 amide bonds. The smallest absolute Gasteiger partial charge is 0.0805 e. The zero-order valence-electron chi connectivity index (χ0n) is 12.7. The van der Waals surface area contributed by atoms with E-state index in [0.29, 0.717) is 12.6 Å². The van der Waals surface area contributed by atoms with Crippen LogP contribution in [0.25, 0.3) is 0 Å². The molecule has 3 nitrogen and oxygen atoms in total. The molecular formula is C18H27NO2. The van der Waals surface area contributed by atoms with Gasteiger partial charge in [-0.05, 0) is 44.2 Å². The Morgan fingerprint density at radius 2 is 2.05 bits per heavy atom. The third kappa shape index (κ3) is 4.95. The van der Waals surface area contributed by atoms with Gasteiger partial charge in [-0.1, -0.05) is 36.4 Å². The fraction of sp³-hybridized carbons (Fsp3) is 0.556. The minimum Gasteiger partial charge on any atom is -0.392 e. The van der Waals surface area contributed by atoms with Crippen LogP contribution in [0.2, 0.25) is 0 Å². The summed E-state index contributed by atoms with van der Waals surface area (Å²) in [6.07, 6.45) is 5.78. The molecule has 1 aromatic rings. The van der Waals surface area contributed by atoms with E-state index in [2.05, 4.69) is 11.5 Å². The molecule has 0 aromatic heterocycles. The van der Waals surface area contributed by atoms with E-state index in [0.717, 1.165) is 44.2 Å². The number of allylic oxidation sites excluding steroid dienone is 1. The molecule has 3 heteroatoms. The van der Waals surface area contributed by atoms with E-state index in [9.17, 15) is 10.2 Å². The fourth-order valence-electron chi connectivity index (χ4n) is 3.14. The maximum atomic E-state index is 10.4. The van der Waals surface area contributed by atoms with Crippen LogP contribution in [-0.2, 0) is 0 Å². The summed E-state index contributed by atoms with van der Waals surface area (Å²) in [6.45, 7) is 5.43. The van der Waals surface area contributed by atoms with E-state index in [4.69, 9.17) is 0 Å². The topological polar surface area (TPSA) is 43.7 Å². The minimum atomic E-state index is -0.415. The maximum Gasteiger partial charge on any atom is 0.0805 e. The van der Waals surface area contributed by atoms with Gasteiger partial charge in [0.2, 0.25) is 0 Å². The zero-order valence-corrected chi connectivity index (χ0v) is 12.7. The Bertz CT molecular complexity index is 420. The van der Waals surface area contributed by atoms with Crippen LogP contribution < -0.4 is 0 Å². The van der Waals surface area contributed by atoms with Gasteiger partial charge in [-0.2, -0.15) is 0 Å². The second-order valence-electron chi connectivity index (χ2n) is 5.97. The number of hydrogen-bond acceptors (Lipinski definition) is 3. The minimum absolute atomic E-state index is 0.294. The van der Waals surface area contributed by atoms with E-state index in [1.165, 1.54) is 0 Å². The molecule has 1 saturated heterocycles. The summed E-state index contributed by atoms with van der Waals surface area (Å²) < 4.78 is 0. The molecule has 116 valence electrons. The molecule has 1 aliphatic heterocycles. The largest absolute Gasteiger partial charge is 0.392 e. The lowest BCUT2D eigenvalue weighted by atomic mass is 10.0. The zero-order chi connectivity index (χ0) is 15.1. The van der Waals surface area contributed by atoms with E-state index < -0.39 is 6.10 Å². The standard InChI is InChI=1S/C18H27NO2/c1-2-3-11-17(20)14-19-12-7-10-16(19)13-18(21)15-8-5-4-6-9-15/h2,4-6,8-9,16-18,20-21H,1,3,7,10-14H2. The van der Waals surface area contributed by atoms with Crippen molar-refractivity contribution in [2.45, 2.75) is 50.4 Å². The van der Waals surface area contributed by atoms with Gasteiger partial charge < -0.3 is 10.2 Å².